The van der Waals surface area contributed by atoms with Crippen LogP contribution in [0.3, 0.4) is 0 Å². The summed E-state index contributed by atoms with van der Waals surface area (Å²) in [4.78, 5) is 16.6. The lowest BCUT2D eigenvalue weighted by Gasteiger charge is -2.09. The molecule has 1 heterocycles. The van der Waals surface area contributed by atoms with Crippen molar-refractivity contribution in [3.05, 3.63) is 77.5 Å². The topological polar surface area (TPSA) is 42.0 Å². The van der Waals surface area contributed by atoms with Crippen molar-refractivity contribution in [2.45, 2.75) is 26.3 Å². The van der Waals surface area contributed by atoms with Crippen molar-refractivity contribution in [3.63, 3.8) is 0 Å². The zero-order chi connectivity index (χ0) is 16.1. The molecule has 3 heteroatoms. The molecular weight excluding hydrogens is 284 g/mol. The van der Waals surface area contributed by atoms with Crippen LogP contribution in [0.5, 0.6) is 0 Å². The number of aryl methyl sites for hydroxylation is 2. The average molecular weight is 304 g/mol. The Hall–Kier alpha value is -2.68. The molecule has 0 saturated heterocycles. The summed E-state index contributed by atoms with van der Waals surface area (Å²) in [6.45, 7) is 2.52. The molecule has 0 aliphatic rings. The predicted octanol–water partition coefficient (Wildman–Crippen LogP) is 3.79. The molecule has 3 rings (SSSR count). The number of aromatic nitrogens is 1. The minimum Gasteiger partial charge on any atom is -0.352 e. The Bertz CT molecular complexity index is 812. The van der Waals surface area contributed by atoms with Gasteiger partial charge in [-0.25, -0.2) is 0 Å². The number of hydrogen-bond acceptors (Lipinski definition) is 2. The van der Waals surface area contributed by atoms with E-state index < -0.39 is 0 Å². The molecule has 3 aromatic rings. The monoisotopic (exact) mass is 304 g/mol. The number of benzene rings is 2. The van der Waals surface area contributed by atoms with Gasteiger partial charge in [-0.1, -0.05) is 48.5 Å². The maximum Gasteiger partial charge on any atom is 0.220 e. The van der Waals surface area contributed by atoms with E-state index in [4.69, 9.17) is 0 Å². The Morgan fingerprint density at radius 1 is 1.04 bits per heavy atom. The van der Waals surface area contributed by atoms with Gasteiger partial charge in [-0.3, -0.25) is 9.78 Å². The lowest BCUT2D eigenvalue weighted by Crippen LogP contribution is -2.23. The van der Waals surface area contributed by atoms with Crippen LogP contribution in [-0.4, -0.2) is 10.9 Å². The van der Waals surface area contributed by atoms with Gasteiger partial charge >= 0.3 is 0 Å². The minimum atomic E-state index is 0.0763. The maximum atomic E-state index is 12.1. The Kier molecular flexibility index (Phi) is 4.67. The van der Waals surface area contributed by atoms with Crippen LogP contribution in [0.2, 0.25) is 0 Å². The van der Waals surface area contributed by atoms with Gasteiger partial charge in [-0.15, -0.1) is 0 Å². The highest BCUT2D eigenvalue weighted by Gasteiger charge is 2.06. The molecule has 1 amide bonds. The Morgan fingerprint density at radius 3 is 2.61 bits per heavy atom. The van der Waals surface area contributed by atoms with E-state index in [1.54, 1.807) is 0 Å². The first-order valence-corrected chi connectivity index (χ1v) is 7.88. The van der Waals surface area contributed by atoms with Crippen LogP contribution in [0.4, 0.5) is 0 Å². The molecule has 116 valence electrons. The lowest BCUT2D eigenvalue weighted by atomic mass is 10.1. The van der Waals surface area contributed by atoms with Gasteiger partial charge in [-0.2, -0.15) is 0 Å². The number of nitrogens with zero attached hydrogens (tertiary/aromatic N) is 1. The molecule has 0 fully saturated rings. The van der Waals surface area contributed by atoms with Gasteiger partial charge in [0.15, 0.2) is 0 Å². The maximum absolute atomic E-state index is 12.1. The van der Waals surface area contributed by atoms with E-state index in [2.05, 4.69) is 10.3 Å². The molecule has 0 aliphatic heterocycles. The van der Waals surface area contributed by atoms with Crippen molar-refractivity contribution in [1.29, 1.82) is 0 Å². The van der Waals surface area contributed by atoms with Gasteiger partial charge < -0.3 is 5.32 Å². The van der Waals surface area contributed by atoms with Crippen LogP contribution in [0.15, 0.2) is 60.7 Å². The first kappa shape index (κ1) is 15.2. The fourth-order valence-electron chi connectivity index (χ4n) is 2.73. The molecule has 2 aromatic carbocycles. The minimum absolute atomic E-state index is 0.0763. The average Bonchev–Trinajstić information content (AvgIpc) is 2.58. The van der Waals surface area contributed by atoms with Crippen molar-refractivity contribution in [3.8, 4) is 0 Å². The van der Waals surface area contributed by atoms with Gasteiger partial charge in [0, 0.05) is 24.0 Å². The van der Waals surface area contributed by atoms with Gasteiger partial charge in [0.2, 0.25) is 5.91 Å². The molecule has 23 heavy (non-hydrogen) atoms. The number of fused-ring (bicyclic) bond motifs is 1. The zero-order valence-electron chi connectivity index (χ0n) is 13.3. The third-order valence-corrected chi connectivity index (χ3v) is 3.89. The van der Waals surface area contributed by atoms with Crippen molar-refractivity contribution in [2.24, 2.45) is 0 Å². The quantitative estimate of drug-likeness (QED) is 0.779. The fraction of sp³-hybridized carbons (Fsp3) is 0.200. The molecule has 1 N–H and O–H groups in total. The van der Waals surface area contributed by atoms with Gasteiger partial charge in [0.05, 0.1) is 5.52 Å². The summed E-state index contributed by atoms with van der Waals surface area (Å²) in [6, 6.07) is 20.2. The normalized spacial score (nSPS) is 10.7. The van der Waals surface area contributed by atoms with Crippen molar-refractivity contribution in [2.75, 3.05) is 0 Å². The number of hydrogen-bond donors (Lipinski definition) is 1. The van der Waals surface area contributed by atoms with Crippen LogP contribution in [0.25, 0.3) is 10.9 Å². The lowest BCUT2D eigenvalue weighted by molar-refractivity contribution is -0.121. The summed E-state index contributed by atoms with van der Waals surface area (Å²) in [5.74, 6) is 0.0763. The second kappa shape index (κ2) is 7.05. The van der Waals surface area contributed by atoms with Gasteiger partial charge in [0.1, 0.15) is 0 Å². The third-order valence-electron chi connectivity index (χ3n) is 3.89. The van der Waals surface area contributed by atoms with E-state index in [-0.39, 0.29) is 5.91 Å². The van der Waals surface area contributed by atoms with E-state index in [9.17, 15) is 4.79 Å². The standard InChI is InChI=1S/C20H20N2O/c1-15-13-17(18-9-5-6-10-19(18)22-15)14-21-20(23)12-11-16-7-3-2-4-8-16/h2-10,13H,11-12,14H2,1H3,(H,21,23). The Balaban J connectivity index is 1.63. The summed E-state index contributed by atoms with van der Waals surface area (Å²) in [6.07, 6.45) is 1.27. The van der Waals surface area contributed by atoms with E-state index in [1.807, 2.05) is 67.6 Å². The van der Waals surface area contributed by atoms with Crippen LogP contribution in [0, 0.1) is 6.92 Å². The highest BCUT2D eigenvalue weighted by molar-refractivity contribution is 5.83. The first-order valence-electron chi connectivity index (χ1n) is 7.88. The second-order valence-electron chi connectivity index (χ2n) is 5.70. The van der Waals surface area contributed by atoms with Crippen LogP contribution in [-0.2, 0) is 17.8 Å². The molecule has 0 saturated carbocycles. The van der Waals surface area contributed by atoms with Crippen LogP contribution >= 0.6 is 0 Å². The number of carbonyl (C=O) groups is 1. The molecule has 3 nitrogen and oxygen atoms in total. The summed E-state index contributed by atoms with van der Waals surface area (Å²) >= 11 is 0. The van der Waals surface area contributed by atoms with Crippen LogP contribution in [0.1, 0.15) is 23.2 Å². The highest BCUT2D eigenvalue weighted by atomic mass is 16.1. The number of carbonyl (C=O) groups excluding carboxylic acids is 1. The SMILES string of the molecule is Cc1cc(CNC(=O)CCc2ccccc2)c2ccccc2n1. The van der Waals surface area contributed by atoms with Crippen molar-refractivity contribution >= 4 is 16.8 Å². The van der Waals surface area contributed by atoms with Crippen LogP contribution < -0.4 is 5.32 Å². The molecule has 0 bridgehead atoms. The molecular formula is C20H20N2O. The smallest absolute Gasteiger partial charge is 0.220 e. The Morgan fingerprint density at radius 2 is 1.78 bits per heavy atom. The zero-order valence-corrected chi connectivity index (χ0v) is 13.3. The largest absolute Gasteiger partial charge is 0.352 e. The summed E-state index contributed by atoms with van der Waals surface area (Å²) in [7, 11) is 0. The van der Waals surface area contributed by atoms with Gasteiger partial charge in [-0.05, 0) is 36.6 Å². The summed E-state index contributed by atoms with van der Waals surface area (Å²) < 4.78 is 0. The van der Waals surface area contributed by atoms with E-state index in [1.165, 1.54) is 5.56 Å². The number of nitrogens with one attached hydrogen (secondary N) is 1. The van der Waals surface area contributed by atoms with E-state index >= 15 is 0 Å². The van der Waals surface area contributed by atoms with E-state index in [0.717, 1.165) is 28.6 Å². The van der Waals surface area contributed by atoms with Crippen molar-refractivity contribution in [1.82, 2.24) is 10.3 Å². The predicted molar refractivity (Wildman–Crippen MR) is 93.1 cm³/mol. The molecule has 0 spiro atoms. The molecule has 0 radical (unpaired) electrons. The third kappa shape index (κ3) is 3.95. The number of amides is 1. The summed E-state index contributed by atoms with van der Waals surface area (Å²) in [5.41, 5.74) is 4.24. The molecule has 0 unspecified atom stereocenters. The fourth-order valence-corrected chi connectivity index (χ4v) is 2.73. The molecule has 0 aliphatic carbocycles. The summed E-state index contributed by atoms with van der Waals surface area (Å²) in [5, 5.41) is 4.12. The number of pyridine rings is 1. The number of para-hydroxylation sites is 1. The Labute approximate surface area is 136 Å². The molecule has 1 aromatic heterocycles. The van der Waals surface area contributed by atoms with Crippen molar-refractivity contribution < 1.29 is 4.79 Å². The first-order chi connectivity index (χ1) is 11.2. The molecule has 0 atom stereocenters. The van der Waals surface area contributed by atoms with Gasteiger partial charge in [0.25, 0.3) is 0 Å². The number of rotatable bonds is 5. The highest BCUT2D eigenvalue weighted by Crippen LogP contribution is 2.18. The second-order valence-corrected chi connectivity index (χ2v) is 5.70. The van der Waals surface area contributed by atoms with E-state index in [0.29, 0.717) is 13.0 Å².